The van der Waals surface area contributed by atoms with Crippen molar-refractivity contribution in [3.8, 4) is 0 Å². The maximum Gasteiger partial charge on any atom is 0.328 e. The number of benzene rings is 3. The van der Waals surface area contributed by atoms with Crippen LogP contribution in [0.5, 0.6) is 0 Å². The number of carboxylic acids is 1. The fourth-order valence-electron chi connectivity index (χ4n) is 2.77. The highest BCUT2D eigenvalue weighted by atomic mass is 35.5. The monoisotopic (exact) mass is 500 g/mol. The maximum atomic E-state index is 13.2. The number of hydrogen-bond acceptors (Lipinski definition) is 4. The quantitative estimate of drug-likeness (QED) is 0.258. The Kier molecular flexibility index (Phi) is 8.54. The lowest BCUT2D eigenvalue weighted by Crippen LogP contribution is -2.19. The molecule has 0 saturated carbocycles. The first-order valence-electron chi connectivity index (χ1n) is 9.61. The van der Waals surface area contributed by atoms with Gasteiger partial charge in [0.15, 0.2) is 0 Å². The molecule has 2 amide bonds. The van der Waals surface area contributed by atoms with Crippen molar-refractivity contribution in [2.75, 3.05) is 10.6 Å². The number of amides is 2. The van der Waals surface area contributed by atoms with Gasteiger partial charge in [-0.05, 0) is 48.0 Å². The molecule has 3 aromatic rings. The van der Waals surface area contributed by atoms with E-state index in [1.54, 1.807) is 42.5 Å². The van der Waals surface area contributed by atoms with E-state index in [0.717, 1.165) is 22.6 Å². The number of carbonyl (C=O) groups excluding carboxylic acids is 2. The van der Waals surface area contributed by atoms with Gasteiger partial charge in [0.1, 0.15) is 5.25 Å². The topological polar surface area (TPSA) is 95.5 Å². The number of hydrogen-bond donors (Lipinski definition) is 3. The predicted molar refractivity (Wildman–Crippen MR) is 132 cm³/mol. The molecule has 0 aliphatic rings. The van der Waals surface area contributed by atoms with Crippen molar-refractivity contribution >= 4 is 64.1 Å². The van der Waals surface area contributed by atoms with E-state index < -0.39 is 17.1 Å². The van der Waals surface area contributed by atoms with Crippen molar-refractivity contribution in [1.29, 1.82) is 0 Å². The minimum absolute atomic E-state index is 0.258. The van der Waals surface area contributed by atoms with Crippen LogP contribution in [-0.2, 0) is 14.4 Å². The van der Waals surface area contributed by atoms with Gasteiger partial charge in [0.25, 0.3) is 0 Å². The van der Waals surface area contributed by atoms with Gasteiger partial charge in [-0.2, -0.15) is 0 Å². The highest BCUT2D eigenvalue weighted by molar-refractivity contribution is 8.00. The summed E-state index contributed by atoms with van der Waals surface area (Å²) in [5, 5.41) is 14.3. The first-order valence-corrected chi connectivity index (χ1v) is 11.2. The SMILES string of the molecule is O=C(O)/C=C/C(=O)Nc1ccc(SC(C(=O)Nc2ccc(Cl)cc2Cl)c2ccccc2)cc1. The molecule has 0 radical (unpaired) electrons. The van der Waals surface area contributed by atoms with Gasteiger partial charge in [0.2, 0.25) is 11.8 Å². The van der Waals surface area contributed by atoms with E-state index in [2.05, 4.69) is 10.6 Å². The molecule has 0 fully saturated rings. The number of carbonyl (C=O) groups is 3. The molecule has 9 heteroatoms. The molecule has 0 saturated heterocycles. The Morgan fingerprint density at radius 1 is 0.879 bits per heavy atom. The molecule has 6 nitrogen and oxygen atoms in total. The predicted octanol–water partition coefficient (Wildman–Crippen LogP) is 6.04. The van der Waals surface area contributed by atoms with Crippen molar-refractivity contribution < 1.29 is 19.5 Å². The Hall–Kier alpha value is -3.26. The molecule has 33 heavy (non-hydrogen) atoms. The zero-order valence-electron chi connectivity index (χ0n) is 17.0. The number of anilines is 2. The van der Waals surface area contributed by atoms with Crippen LogP contribution in [0.25, 0.3) is 0 Å². The van der Waals surface area contributed by atoms with Crippen LogP contribution in [0.1, 0.15) is 10.8 Å². The molecule has 3 N–H and O–H groups in total. The van der Waals surface area contributed by atoms with Crippen molar-refractivity contribution in [3.63, 3.8) is 0 Å². The molecule has 0 spiro atoms. The molecule has 0 bridgehead atoms. The zero-order chi connectivity index (χ0) is 23.8. The average molecular weight is 501 g/mol. The first kappa shape index (κ1) is 24.4. The summed E-state index contributed by atoms with van der Waals surface area (Å²) in [5.41, 5.74) is 1.76. The summed E-state index contributed by atoms with van der Waals surface area (Å²) >= 11 is 13.5. The van der Waals surface area contributed by atoms with Gasteiger partial charge in [0, 0.05) is 27.8 Å². The van der Waals surface area contributed by atoms with E-state index in [4.69, 9.17) is 28.3 Å². The number of halogens is 2. The average Bonchev–Trinajstić information content (AvgIpc) is 2.79. The lowest BCUT2D eigenvalue weighted by atomic mass is 10.1. The molecule has 1 unspecified atom stereocenters. The number of nitrogens with one attached hydrogen (secondary N) is 2. The van der Waals surface area contributed by atoms with Crippen LogP contribution in [0.2, 0.25) is 10.0 Å². The van der Waals surface area contributed by atoms with Crippen LogP contribution in [0.15, 0.2) is 89.8 Å². The lowest BCUT2D eigenvalue weighted by molar-refractivity contribution is -0.131. The zero-order valence-corrected chi connectivity index (χ0v) is 19.3. The van der Waals surface area contributed by atoms with Gasteiger partial charge >= 0.3 is 5.97 Å². The Labute approximate surface area is 204 Å². The summed E-state index contributed by atoms with van der Waals surface area (Å²) in [5.74, 6) is -2.02. The second-order valence-electron chi connectivity index (χ2n) is 6.71. The van der Waals surface area contributed by atoms with E-state index in [1.165, 1.54) is 11.8 Å². The van der Waals surface area contributed by atoms with Crippen LogP contribution in [0.3, 0.4) is 0 Å². The Balaban J connectivity index is 1.76. The second kappa shape index (κ2) is 11.6. The fraction of sp³-hybridized carbons (Fsp3) is 0.0417. The van der Waals surface area contributed by atoms with Crippen molar-refractivity contribution in [3.05, 3.63) is 101 Å². The number of rotatable bonds is 8. The fourth-order valence-corrected chi connectivity index (χ4v) is 4.25. The minimum Gasteiger partial charge on any atom is -0.478 e. The molecular formula is C24H18Cl2N2O4S. The summed E-state index contributed by atoms with van der Waals surface area (Å²) in [4.78, 5) is 36.2. The standard InChI is InChI=1S/C24H18Cl2N2O4S/c25-16-6-11-20(19(26)14-16)28-24(32)23(15-4-2-1-3-5-15)33-18-9-7-17(8-10-18)27-21(29)12-13-22(30)31/h1-14,23H,(H,27,29)(H,28,32)(H,30,31)/b13-12+. The summed E-state index contributed by atoms with van der Waals surface area (Å²) in [7, 11) is 0. The highest BCUT2D eigenvalue weighted by Gasteiger charge is 2.23. The summed E-state index contributed by atoms with van der Waals surface area (Å²) in [6, 6.07) is 21.0. The molecule has 3 aromatic carbocycles. The Morgan fingerprint density at radius 3 is 2.21 bits per heavy atom. The number of carboxylic acid groups (broad SMARTS) is 1. The van der Waals surface area contributed by atoms with E-state index in [0.29, 0.717) is 21.4 Å². The van der Waals surface area contributed by atoms with Gasteiger partial charge in [-0.1, -0.05) is 53.5 Å². The first-order chi connectivity index (χ1) is 15.8. The van der Waals surface area contributed by atoms with Gasteiger partial charge in [-0.25, -0.2) is 4.79 Å². The van der Waals surface area contributed by atoms with Crippen molar-refractivity contribution in [2.45, 2.75) is 10.1 Å². The smallest absolute Gasteiger partial charge is 0.328 e. The van der Waals surface area contributed by atoms with Gasteiger partial charge < -0.3 is 15.7 Å². The molecule has 0 aliphatic heterocycles. The summed E-state index contributed by atoms with van der Waals surface area (Å²) in [6.07, 6.45) is 1.69. The number of aliphatic carboxylic acids is 1. The van der Waals surface area contributed by atoms with Crippen molar-refractivity contribution in [2.24, 2.45) is 0 Å². The lowest BCUT2D eigenvalue weighted by Gasteiger charge is -2.18. The molecule has 0 aliphatic carbocycles. The third-order valence-corrected chi connectivity index (χ3v) is 6.10. The van der Waals surface area contributed by atoms with E-state index >= 15 is 0 Å². The van der Waals surface area contributed by atoms with Crippen LogP contribution >= 0.6 is 35.0 Å². The molecule has 1 atom stereocenters. The van der Waals surface area contributed by atoms with Gasteiger partial charge in [0.05, 0.1) is 10.7 Å². The van der Waals surface area contributed by atoms with Crippen molar-refractivity contribution in [1.82, 2.24) is 0 Å². The largest absolute Gasteiger partial charge is 0.478 e. The highest BCUT2D eigenvalue weighted by Crippen LogP contribution is 2.37. The second-order valence-corrected chi connectivity index (χ2v) is 8.73. The van der Waals surface area contributed by atoms with Crippen LogP contribution < -0.4 is 10.6 Å². The summed E-state index contributed by atoms with van der Waals surface area (Å²) < 4.78 is 0. The molecule has 0 heterocycles. The van der Waals surface area contributed by atoms with Gasteiger partial charge in [-0.3, -0.25) is 9.59 Å². The maximum absolute atomic E-state index is 13.2. The normalized spacial score (nSPS) is 11.7. The molecule has 0 aromatic heterocycles. The van der Waals surface area contributed by atoms with Crippen LogP contribution in [-0.4, -0.2) is 22.9 Å². The summed E-state index contributed by atoms with van der Waals surface area (Å²) in [6.45, 7) is 0. The number of thioether (sulfide) groups is 1. The van der Waals surface area contributed by atoms with Gasteiger partial charge in [-0.15, -0.1) is 11.8 Å². The minimum atomic E-state index is -1.21. The molecular weight excluding hydrogens is 483 g/mol. The van der Waals surface area contributed by atoms with E-state index in [-0.39, 0.29) is 5.91 Å². The Bertz CT molecular complexity index is 1180. The Morgan fingerprint density at radius 2 is 1.58 bits per heavy atom. The van der Waals surface area contributed by atoms with E-state index in [9.17, 15) is 14.4 Å². The third-order valence-electron chi connectivity index (χ3n) is 4.28. The molecule has 168 valence electrons. The molecule has 3 rings (SSSR count). The van der Waals surface area contributed by atoms with Crippen LogP contribution in [0, 0.1) is 0 Å². The third kappa shape index (κ3) is 7.39. The van der Waals surface area contributed by atoms with Crippen LogP contribution in [0.4, 0.5) is 11.4 Å². The van der Waals surface area contributed by atoms with E-state index in [1.807, 2.05) is 30.3 Å².